The highest BCUT2D eigenvalue weighted by Crippen LogP contribution is 2.56. The summed E-state index contributed by atoms with van der Waals surface area (Å²) < 4.78 is 5.07. The summed E-state index contributed by atoms with van der Waals surface area (Å²) >= 11 is 3.66. The second-order valence-corrected chi connectivity index (χ2v) is 6.72. The first-order chi connectivity index (χ1) is 9.28. The first-order valence-electron chi connectivity index (χ1n) is 5.88. The number of esters is 1. The third kappa shape index (κ3) is 2.51. The van der Waals surface area contributed by atoms with Gasteiger partial charge in [-0.3, -0.25) is 0 Å². The minimum absolute atomic E-state index is 0.285. The van der Waals surface area contributed by atoms with Crippen molar-refractivity contribution in [1.82, 2.24) is 0 Å². The monoisotopic (exact) mass is 288 g/mol. The summed E-state index contributed by atoms with van der Waals surface area (Å²) in [5.74, 6) is -0.285. The molecule has 0 unspecified atom stereocenters. The fraction of sp³-hybridized carbons (Fsp3) is 0.133. The molecule has 0 aliphatic carbocycles. The van der Waals surface area contributed by atoms with E-state index in [-0.39, 0.29) is 5.97 Å². The van der Waals surface area contributed by atoms with Crippen LogP contribution in [-0.2, 0) is 4.74 Å². The molecule has 0 N–H and O–H groups in total. The second kappa shape index (κ2) is 5.31. The van der Waals surface area contributed by atoms with E-state index >= 15 is 0 Å². The lowest BCUT2D eigenvalue weighted by Gasteiger charge is -2.09. The van der Waals surface area contributed by atoms with Crippen LogP contribution in [0, 0.1) is 0 Å². The number of carbonyl (C=O) groups is 1. The van der Waals surface area contributed by atoms with Gasteiger partial charge in [-0.15, -0.1) is 23.5 Å². The Kier molecular flexibility index (Phi) is 3.53. The van der Waals surface area contributed by atoms with Gasteiger partial charge in [0.1, 0.15) is 0 Å². The molecule has 4 heteroatoms. The Morgan fingerprint density at radius 2 is 1.74 bits per heavy atom. The number of carbonyl (C=O) groups excluding carboxylic acids is 1. The minimum Gasteiger partial charge on any atom is -0.465 e. The van der Waals surface area contributed by atoms with E-state index < -0.39 is 0 Å². The highest BCUT2D eigenvalue weighted by atomic mass is 32.2. The molecule has 0 aromatic heterocycles. The Hall–Kier alpha value is -1.39. The molecule has 2 nitrogen and oxygen atoms in total. The van der Waals surface area contributed by atoms with Gasteiger partial charge in [-0.05, 0) is 29.8 Å². The van der Waals surface area contributed by atoms with E-state index in [2.05, 4.69) is 30.3 Å². The fourth-order valence-electron chi connectivity index (χ4n) is 1.97. The topological polar surface area (TPSA) is 26.3 Å². The van der Waals surface area contributed by atoms with Gasteiger partial charge in [0.25, 0.3) is 0 Å². The van der Waals surface area contributed by atoms with Gasteiger partial charge < -0.3 is 4.74 Å². The Morgan fingerprint density at radius 3 is 2.37 bits per heavy atom. The summed E-state index contributed by atoms with van der Waals surface area (Å²) in [6.45, 7) is 0. The van der Waals surface area contributed by atoms with Gasteiger partial charge in [0.15, 0.2) is 0 Å². The molecule has 1 aliphatic heterocycles. The molecule has 3 rings (SSSR count). The molecule has 0 amide bonds. The van der Waals surface area contributed by atoms with Crippen LogP contribution in [0.15, 0.2) is 58.3 Å². The van der Waals surface area contributed by atoms with E-state index in [1.54, 1.807) is 6.07 Å². The molecule has 19 heavy (non-hydrogen) atoms. The summed E-state index contributed by atoms with van der Waals surface area (Å²) in [6, 6.07) is 16.1. The van der Waals surface area contributed by atoms with Crippen LogP contribution in [0.4, 0.5) is 0 Å². The van der Waals surface area contributed by atoms with Crippen molar-refractivity contribution in [3.05, 3.63) is 59.7 Å². The van der Waals surface area contributed by atoms with Gasteiger partial charge in [0.2, 0.25) is 0 Å². The molecule has 1 aliphatic rings. The van der Waals surface area contributed by atoms with Crippen LogP contribution in [0.1, 0.15) is 20.5 Å². The third-order valence-electron chi connectivity index (χ3n) is 2.90. The lowest BCUT2D eigenvalue weighted by Crippen LogP contribution is -2.01. The highest BCUT2D eigenvalue weighted by Gasteiger charge is 2.24. The maximum absolute atomic E-state index is 11.6. The Labute approximate surface area is 120 Å². The van der Waals surface area contributed by atoms with Gasteiger partial charge in [-0.1, -0.05) is 24.3 Å². The Bertz CT molecular complexity index is 600. The standard InChI is InChI=1S/C15H12O2S2/c1-17-14(16)10-5-4-6-11(9-10)15-18-12-7-2-3-8-13(12)19-15/h2-9,15H,1H3. The summed E-state index contributed by atoms with van der Waals surface area (Å²) in [6.07, 6.45) is 0. The van der Waals surface area contributed by atoms with Crippen molar-refractivity contribution in [2.75, 3.05) is 7.11 Å². The summed E-state index contributed by atoms with van der Waals surface area (Å²) in [4.78, 5) is 14.2. The minimum atomic E-state index is -0.285. The molecule has 1 heterocycles. The average Bonchev–Trinajstić information content (AvgIpc) is 2.90. The van der Waals surface area contributed by atoms with E-state index in [4.69, 9.17) is 4.74 Å². The number of hydrogen-bond acceptors (Lipinski definition) is 4. The van der Waals surface area contributed by atoms with E-state index in [1.807, 2.05) is 35.7 Å². The number of ether oxygens (including phenoxy) is 1. The number of rotatable bonds is 2. The molecule has 0 radical (unpaired) electrons. The number of methoxy groups -OCH3 is 1. The number of fused-ring (bicyclic) bond motifs is 1. The molecule has 0 bridgehead atoms. The zero-order valence-electron chi connectivity index (χ0n) is 10.3. The highest BCUT2D eigenvalue weighted by molar-refractivity contribution is 8.18. The summed E-state index contributed by atoms with van der Waals surface area (Å²) in [5.41, 5.74) is 1.76. The van der Waals surface area contributed by atoms with Crippen LogP contribution in [0.2, 0.25) is 0 Å². The molecule has 0 spiro atoms. The van der Waals surface area contributed by atoms with Crippen LogP contribution in [0.5, 0.6) is 0 Å². The SMILES string of the molecule is COC(=O)c1cccc(C2Sc3ccccc3S2)c1. The van der Waals surface area contributed by atoms with Gasteiger partial charge >= 0.3 is 5.97 Å². The first kappa shape index (κ1) is 12.6. The Balaban J connectivity index is 1.87. The van der Waals surface area contributed by atoms with Crippen molar-refractivity contribution in [3.63, 3.8) is 0 Å². The van der Waals surface area contributed by atoms with Gasteiger partial charge in [-0.2, -0.15) is 0 Å². The van der Waals surface area contributed by atoms with Crippen LogP contribution in [0.3, 0.4) is 0 Å². The zero-order valence-corrected chi connectivity index (χ0v) is 12.0. The third-order valence-corrected chi connectivity index (χ3v) is 5.80. The maximum Gasteiger partial charge on any atom is 0.337 e. The molecule has 0 saturated carbocycles. The van der Waals surface area contributed by atoms with Gasteiger partial charge in [-0.25, -0.2) is 4.79 Å². The van der Waals surface area contributed by atoms with Crippen molar-refractivity contribution in [2.45, 2.75) is 14.4 Å². The van der Waals surface area contributed by atoms with E-state index in [0.717, 1.165) is 5.56 Å². The molecular formula is C15H12O2S2. The molecule has 0 atom stereocenters. The lowest BCUT2D eigenvalue weighted by molar-refractivity contribution is 0.0600. The van der Waals surface area contributed by atoms with Crippen molar-refractivity contribution in [2.24, 2.45) is 0 Å². The van der Waals surface area contributed by atoms with Gasteiger partial charge in [0.05, 0.1) is 17.3 Å². The van der Waals surface area contributed by atoms with E-state index in [9.17, 15) is 4.79 Å². The molecule has 0 fully saturated rings. The van der Waals surface area contributed by atoms with Crippen molar-refractivity contribution in [3.8, 4) is 0 Å². The van der Waals surface area contributed by atoms with Crippen molar-refractivity contribution in [1.29, 1.82) is 0 Å². The second-order valence-electron chi connectivity index (χ2n) is 4.13. The van der Waals surface area contributed by atoms with Crippen molar-refractivity contribution < 1.29 is 9.53 Å². The number of thioether (sulfide) groups is 2. The largest absolute Gasteiger partial charge is 0.465 e. The fourth-order valence-corrected chi connectivity index (χ4v) is 4.78. The molecular weight excluding hydrogens is 276 g/mol. The van der Waals surface area contributed by atoms with Crippen LogP contribution in [0.25, 0.3) is 0 Å². The zero-order chi connectivity index (χ0) is 13.2. The molecule has 96 valence electrons. The maximum atomic E-state index is 11.6. The Morgan fingerprint density at radius 1 is 1.05 bits per heavy atom. The summed E-state index contributed by atoms with van der Waals surface area (Å²) in [5, 5.41) is 0. The molecule has 2 aromatic rings. The average molecular weight is 288 g/mol. The van der Waals surface area contributed by atoms with Gasteiger partial charge in [0, 0.05) is 9.79 Å². The predicted molar refractivity (Wildman–Crippen MR) is 78.7 cm³/mol. The summed E-state index contributed by atoms with van der Waals surface area (Å²) in [7, 11) is 1.41. The predicted octanol–water partition coefficient (Wildman–Crippen LogP) is 4.37. The van der Waals surface area contributed by atoms with Crippen LogP contribution >= 0.6 is 23.5 Å². The van der Waals surface area contributed by atoms with Crippen LogP contribution < -0.4 is 0 Å². The first-order valence-corrected chi connectivity index (χ1v) is 7.64. The lowest BCUT2D eigenvalue weighted by atomic mass is 10.1. The normalized spacial score (nSPS) is 14.2. The van der Waals surface area contributed by atoms with E-state index in [1.165, 1.54) is 16.9 Å². The smallest absolute Gasteiger partial charge is 0.337 e. The van der Waals surface area contributed by atoms with E-state index in [0.29, 0.717) is 10.1 Å². The number of benzene rings is 2. The molecule has 2 aromatic carbocycles. The number of hydrogen-bond donors (Lipinski definition) is 0. The van der Waals surface area contributed by atoms with Crippen molar-refractivity contribution >= 4 is 29.5 Å². The molecule has 0 saturated heterocycles. The quantitative estimate of drug-likeness (QED) is 0.767. The van der Waals surface area contributed by atoms with Crippen LogP contribution in [-0.4, -0.2) is 13.1 Å².